The molecule has 1 heterocycles. The van der Waals surface area contributed by atoms with Crippen molar-refractivity contribution in [1.29, 1.82) is 0 Å². The standard InChI is InChI=1S/C8H14N2O6/c1-3(12)9-4-5(13)6(14)8(16,2-11)10-7(4)15/h4-6,11,13-14,16H,2H2,1H3,(H,9,12)(H,10,15)/t4?,5-,6-,8?/m1/s1. The molecule has 0 aromatic rings. The maximum atomic E-state index is 11.4. The number of nitrogens with one attached hydrogen (secondary N) is 2. The Bertz CT molecular complexity index is 309. The van der Waals surface area contributed by atoms with Gasteiger partial charge < -0.3 is 31.1 Å². The van der Waals surface area contributed by atoms with Gasteiger partial charge in [-0.25, -0.2) is 0 Å². The Balaban J connectivity index is 2.88. The minimum absolute atomic E-state index is 0.569. The van der Waals surface area contributed by atoms with Gasteiger partial charge in [-0.3, -0.25) is 9.59 Å². The second-order valence-electron chi connectivity index (χ2n) is 3.69. The molecule has 0 aliphatic carbocycles. The first-order chi connectivity index (χ1) is 7.31. The van der Waals surface area contributed by atoms with Gasteiger partial charge in [-0.15, -0.1) is 0 Å². The Morgan fingerprint density at radius 1 is 1.56 bits per heavy atom. The van der Waals surface area contributed by atoms with Gasteiger partial charge in [-0.2, -0.15) is 0 Å². The Morgan fingerprint density at radius 3 is 2.56 bits per heavy atom. The van der Waals surface area contributed by atoms with E-state index in [4.69, 9.17) is 5.11 Å². The van der Waals surface area contributed by atoms with E-state index in [0.29, 0.717) is 0 Å². The lowest BCUT2D eigenvalue weighted by Crippen LogP contribution is -2.74. The second-order valence-corrected chi connectivity index (χ2v) is 3.69. The van der Waals surface area contributed by atoms with Crippen molar-refractivity contribution in [2.45, 2.75) is 30.9 Å². The lowest BCUT2D eigenvalue weighted by Gasteiger charge is -2.42. The van der Waals surface area contributed by atoms with Crippen LogP contribution in [0.1, 0.15) is 6.92 Å². The van der Waals surface area contributed by atoms with Crippen LogP contribution < -0.4 is 10.6 Å². The molecule has 0 saturated carbocycles. The Kier molecular flexibility index (Phi) is 3.48. The minimum Gasteiger partial charge on any atom is -0.391 e. The Morgan fingerprint density at radius 2 is 2.12 bits per heavy atom. The molecule has 2 unspecified atom stereocenters. The van der Waals surface area contributed by atoms with Crippen molar-refractivity contribution in [2.24, 2.45) is 0 Å². The van der Waals surface area contributed by atoms with Crippen molar-refractivity contribution < 1.29 is 30.0 Å². The van der Waals surface area contributed by atoms with Crippen LogP contribution in [0.25, 0.3) is 0 Å². The molecule has 6 N–H and O–H groups in total. The summed E-state index contributed by atoms with van der Waals surface area (Å²) in [5.74, 6) is -1.45. The zero-order chi connectivity index (χ0) is 12.5. The topological polar surface area (TPSA) is 139 Å². The Hall–Kier alpha value is -1.22. The summed E-state index contributed by atoms with van der Waals surface area (Å²) in [6.45, 7) is 0.184. The molecule has 0 bridgehead atoms. The lowest BCUT2D eigenvalue weighted by atomic mass is 9.91. The molecule has 1 rings (SSSR count). The number of carbonyl (C=O) groups is 2. The molecule has 92 valence electrons. The average molecular weight is 234 g/mol. The summed E-state index contributed by atoms with van der Waals surface area (Å²) < 4.78 is 0. The van der Waals surface area contributed by atoms with E-state index >= 15 is 0 Å². The maximum Gasteiger partial charge on any atom is 0.247 e. The summed E-state index contributed by atoms with van der Waals surface area (Å²) >= 11 is 0. The summed E-state index contributed by atoms with van der Waals surface area (Å²) in [7, 11) is 0. The molecule has 1 aliphatic rings. The largest absolute Gasteiger partial charge is 0.391 e. The van der Waals surface area contributed by atoms with Crippen LogP contribution in [0, 0.1) is 0 Å². The van der Waals surface area contributed by atoms with Gasteiger partial charge in [0.1, 0.15) is 18.2 Å². The van der Waals surface area contributed by atoms with Gasteiger partial charge in [0.15, 0.2) is 5.72 Å². The van der Waals surface area contributed by atoms with Gasteiger partial charge >= 0.3 is 0 Å². The van der Waals surface area contributed by atoms with Crippen molar-refractivity contribution in [2.75, 3.05) is 6.61 Å². The summed E-state index contributed by atoms with van der Waals surface area (Å²) in [6.07, 6.45) is -3.50. The molecule has 16 heavy (non-hydrogen) atoms. The van der Waals surface area contributed by atoms with Crippen molar-refractivity contribution in [3.63, 3.8) is 0 Å². The van der Waals surface area contributed by atoms with Gasteiger partial charge in [-0.1, -0.05) is 0 Å². The number of amides is 2. The highest BCUT2D eigenvalue weighted by Crippen LogP contribution is 2.18. The first-order valence-corrected chi connectivity index (χ1v) is 4.60. The fourth-order valence-electron chi connectivity index (χ4n) is 1.49. The molecule has 0 aromatic carbocycles. The molecule has 8 heteroatoms. The number of piperidine rings is 1. The first-order valence-electron chi connectivity index (χ1n) is 4.60. The molecule has 0 spiro atoms. The number of hydrogen-bond acceptors (Lipinski definition) is 6. The molecule has 4 atom stereocenters. The smallest absolute Gasteiger partial charge is 0.247 e. The van der Waals surface area contributed by atoms with Crippen LogP contribution in [0.2, 0.25) is 0 Å². The van der Waals surface area contributed by atoms with Crippen LogP contribution in [0.15, 0.2) is 0 Å². The van der Waals surface area contributed by atoms with E-state index < -0.39 is 42.4 Å². The van der Waals surface area contributed by atoms with Gasteiger partial charge in [0.25, 0.3) is 0 Å². The predicted octanol–water partition coefficient (Wildman–Crippen LogP) is -3.98. The average Bonchev–Trinajstić information content (AvgIpc) is 2.21. The molecule has 1 fully saturated rings. The van der Waals surface area contributed by atoms with Crippen molar-refractivity contribution in [3.05, 3.63) is 0 Å². The van der Waals surface area contributed by atoms with Crippen LogP contribution in [-0.4, -0.2) is 62.8 Å². The van der Waals surface area contributed by atoms with Gasteiger partial charge in [0.05, 0.1) is 6.61 Å². The third-order valence-corrected chi connectivity index (χ3v) is 2.38. The molecule has 8 nitrogen and oxygen atoms in total. The third kappa shape index (κ3) is 2.14. The molecule has 0 aromatic heterocycles. The predicted molar refractivity (Wildman–Crippen MR) is 49.8 cm³/mol. The van der Waals surface area contributed by atoms with Crippen LogP contribution in [0.3, 0.4) is 0 Å². The van der Waals surface area contributed by atoms with Crippen LogP contribution in [-0.2, 0) is 9.59 Å². The summed E-state index contributed by atoms with van der Waals surface area (Å²) in [4.78, 5) is 22.1. The van der Waals surface area contributed by atoms with E-state index in [2.05, 4.69) is 5.32 Å². The summed E-state index contributed by atoms with van der Waals surface area (Å²) in [5.41, 5.74) is -2.30. The molecule has 0 radical (unpaired) electrons. The number of aliphatic hydroxyl groups excluding tert-OH is 3. The SMILES string of the molecule is CC(=O)NC1C(=O)NC(O)(CO)[C@H](O)[C@@H]1O. The fraction of sp³-hybridized carbons (Fsp3) is 0.750. The van der Waals surface area contributed by atoms with Crippen molar-refractivity contribution >= 4 is 11.8 Å². The van der Waals surface area contributed by atoms with Gasteiger partial charge in [0, 0.05) is 6.92 Å². The normalized spacial score (nSPS) is 39.1. The molecular formula is C8H14N2O6. The zero-order valence-corrected chi connectivity index (χ0v) is 8.54. The quantitative estimate of drug-likeness (QED) is 0.288. The molecule has 2 amide bonds. The molecule has 1 saturated heterocycles. The van der Waals surface area contributed by atoms with E-state index in [0.717, 1.165) is 6.92 Å². The Labute approximate surface area is 90.9 Å². The summed E-state index contributed by atoms with van der Waals surface area (Å²) in [5, 5.41) is 41.4. The maximum absolute atomic E-state index is 11.4. The highest BCUT2D eigenvalue weighted by Gasteiger charge is 2.51. The van der Waals surface area contributed by atoms with Crippen LogP contribution >= 0.6 is 0 Å². The van der Waals surface area contributed by atoms with Crippen LogP contribution in [0.5, 0.6) is 0 Å². The van der Waals surface area contributed by atoms with Crippen molar-refractivity contribution in [1.82, 2.24) is 10.6 Å². The highest BCUT2D eigenvalue weighted by molar-refractivity contribution is 5.88. The van der Waals surface area contributed by atoms with Gasteiger partial charge in [-0.05, 0) is 0 Å². The van der Waals surface area contributed by atoms with E-state index in [9.17, 15) is 24.9 Å². The first kappa shape index (κ1) is 12.8. The second kappa shape index (κ2) is 4.34. The number of rotatable bonds is 2. The molecule has 1 aliphatic heterocycles. The third-order valence-electron chi connectivity index (χ3n) is 2.38. The van der Waals surface area contributed by atoms with Crippen LogP contribution in [0.4, 0.5) is 0 Å². The minimum atomic E-state index is -2.30. The number of hydrogen-bond donors (Lipinski definition) is 6. The van der Waals surface area contributed by atoms with E-state index in [-0.39, 0.29) is 0 Å². The van der Waals surface area contributed by atoms with E-state index in [1.807, 2.05) is 5.32 Å². The monoisotopic (exact) mass is 234 g/mol. The number of aliphatic hydroxyl groups is 4. The number of carbonyl (C=O) groups excluding carboxylic acids is 2. The van der Waals surface area contributed by atoms with E-state index in [1.165, 1.54) is 0 Å². The zero-order valence-electron chi connectivity index (χ0n) is 8.54. The molecular weight excluding hydrogens is 220 g/mol. The van der Waals surface area contributed by atoms with Gasteiger partial charge in [0.2, 0.25) is 11.8 Å². The lowest BCUT2D eigenvalue weighted by molar-refractivity contribution is -0.195. The highest BCUT2D eigenvalue weighted by atomic mass is 16.4. The fourth-order valence-corrected chi connectivity index (χ4v) is 1.49. The van der Waals surface area contributed by atoms with E-state index in [1.54, 1.807) is 0 Å². The summed E-state index contributed by atoms with van der Waals surface area (Å²) in [6, 6.07) is -1.36. The van der Waals surface area contributed by atoms with Crippen molar-refractivity contribution in [3.8, 4) is 0 Å².